The minimum Gasteiger partial charge on any atom is -0.359 e. The van der Waals surface area contributed by atoms with Crippen LogP contribution in [0.3, 0.4) is 0 Å². The molecule has 1 N–H and O–H groups in total. The second-order valence-corrected chi connectivity index (χ2v) is 6.60. The summed E-state index contributed by atoms with van der Waals surface area (Å²) in [7, 11) is -2.25. The van der Waals surface area contributed by atoms with Crippen molar-refractivity contribution in [1.29, 1.82) is 5.26 Å². The number of nitriles is 1. The second kappa shape index (κ2) is 7.23. The van der Waals surface area contributed by atoms with Crippen molar-refractivity contribution in [3.63, 3.8) is 0 Å². The molecule has 2 aromatic rings. The molecule has 1 heterocycles. The molecular formula is C15H14F2N4O2S. The number of nitrogens with one attached hydrogen (secondary N) is 1. The van der Waals surface area contributed by atoms with Gasteiger partial charge >= 0.3 is 0 Å². The fourth-order valence-corrected chi connectivity index (χ4v) is 2.86. The van der Waals surface area contributed by atoms with Gasteiger partial charge in [-0.05, 0) is 24.3 Å². The van der Waals surface area contributed by atoms with Crippen LogP contribution in [0.25, 0.3) is 0 Å². The van der Waals surface area contributed by atoms with Gasteiger partial charge in [0.15, 0.2) is 11.6 Å². The van der Waals surface area contributed by atoms with Crippen molar-refractivity contribution >= 4 is 21.5 Å². The number of rotatable bonds is 6. The molecule has 126 valence electrons. The third-order valence-electron chi connectivity index (χ3n) is 3.15. The molecule has 0 aliphatic heterocycles. The van der Waals surface area contributed by atoms with E-state index >= 15 is 0 Å². The molecule has 24 heavy (non-hydrogen) atoms. The zero-order valence-corrected chi connectivity index (χ0v) is 13.5. The third kappa shape index (κ3) is 4.17. The van der Waals surface area contributed by atoms with Gasteiger partial charge in [-0.1, -0.05) is 0 Å². The Hall–Kier alpha value is -2.73. The molecule has 0 fully saturated rings. The second-order valence-electron chi connectivity index (χ2n) is 4.92. The van der Waals surface area contributed by atoms with Gasteiger partial charge in [-0.3, -0.25) is 4.72 Å². The number of pyridine rings is 1. The SMILES string of the molecule is CN(CCC#N)c1ccc(S(=O)(=O)Nc2ccc(F)c(F)c2)cn1. The number of aromatic nitrogens is 1. The van der Waals surface area contributed by atoms with E-state index in [0.29, 0.717) is 18.8 Å². The number of halogens is 2. The average molecular weight is 352 g/mol. The monoisotopic (exact) mass is 352 g/mol. The highest BCUT2D eigenvalue weighted by Crippen LogP contribution is 2.19. The molecule has 0 amide bonds. The van der Waals surface area contributed by atoms with Gasteiger partial charge in [0.1, 0.15) is 10.7 Å². The molecule has 0 radical (unpaired) electrons. The minimum absolute atomic E-state index is 0.0934. The summed E-state index contributed by atoms with van der Waals surface area (Å²) in [6.07, 6.45) is 1.47. The lowest BCUT2D eigenvalue weighted by molar-refractivity contribution is 0.509. The Morgan fingerprint density at radius 2 is 2.00 bits per heavy atom. The van der Waals surface area contributed by atoms with Crippen molar-refractivity contribution in [2.75, 3.05) is 23.2 Å². The number of hydrogen-bond donors (Lipinski definition) is 1. The van der Waals surface area contributed by atoms with Crippen LogP contribution in [0.2, 0.25) is 0 Å². The Morgan fingerprint density at radius 1 is 1.25 bits per heavy atom. The van der Waals surface area contributed by atoms with E-state index in [1.165, 1.54) is 12.1 Å². The average Bonchev–Trinajstić information content (AvgIpc) is 2.56. The Balaban J connectivity index is 2.17. The Labute approximate surface area is 138 Å². The smallest absolute Gasteiger partial charge is 0.263 e. The van der Waals surface area contributed by atoms with Gasteiger partial charge in [-0.25, -0.2) is 22.2 Å². The predicted molar refractivity (Wildman–Crippen MR) is 84.9 cm³/mol. The largest absolute Gasteiger partial charge is 0.359 e. The first-order chi connectivity index (χ1) is 11.3. The summed E-state index contributed by atoms with van der Waals surface area (Å²) in [6, 6.07) is 7.55. The summed E-state index contributed by atoms with van der Waals surface area (Å²) in [4.78, 5) is 5.62. The highest BCUT2D eigenvalue weighted by atomic mass is 32.2. The van der Waals surface area contributed by atoms with E-state index in [9.17, 15) is 17.2 Å². The van der Waals surface area contributed by atoms with Crippen LogP contribution in [-0.2, 0) is 10.0 Å². The zero-order valence-electron chi connectivity index (χ0n) is 12.7. The van der Waals surface area contributed by atoms with E-state index in [1.54, 1.807) is 11.9 Å². The van der Waals surface area contributed by atoms with Crippen LogP contribution in [0.15, 0.2) is 41.4 Å². The van der Waals surface area contributed by atoms with Gasteiger partial charge in [0, 0.05) is 25.9 Å². The molecule has 0 bridgehead atoms. The molecule has 0 atom stereocenters. The molecule has 0 saturated heterocycles. The summed E-state index contributed by atoms with van der Waals surface area (Å²) >= 11 is 0. The molecule has 1 aromatic carbocycles. The van der Waals surface area contributed by atoms with E-state index in [0.717, 1.165) is 24.4 Å². The van der Waals surface area contributed by atoms with E-state index in [1.807, 2.05) is 6.07 Å². The van der Waals surface area contributed by atoms with Crippen molar-refractivity contribution in [2.45, 2.75) is 11.3 Å². The number of benzene rings is 1. The first kappa shape index (κ1) is 17.6. The van der Waals surface area contributed by atoms with Crippen LogP contribution < -0.4 is 9.62 Å². The summed E-state index contributed by atoms with van der Waals surface area (Å²) in [5.41, 5.74) is -0.0934. The third-order valence-corrected chi connectivity index (χ3v) is 4.52. The fourth-order valence-electron chi connectivity index (χ4n) is 1.86. The van der Waals surface area contributed by atoms with Crippen LogP contribution in [0.1, 0.15) is 6.42 Å². The van der Waals surface area contributed by atoms with Crippen molar-refractivity contribution in [2.24, 2.45) is 0 Å². The first-order valence-electron chi connectivity index (χ1n) is 6.85. The van der Waals surface area contributed by atoms with Gasteiger partial charge in [0.25, 0.3) is 10.0 Å². The lowest BCUT2D eigenvalue weighted by atomic mass is 10.3. The van der Waals surface area contributed by atoms with Gasteiger partial charge in [-0.2, -0.15) is 5.26 Å². The van der Waals surface area contributed by atoms with E-state index in [2.05, 4.69) is 9.71 Å². The highest BCUT2D eigenvalue weighted by Gasteiger charge is 2.16. The van der Waals surface area contributed by atoms with Crippen molar-refractivity contribution in [1.82, 2.24) is 4.98 Å². The molecule has 0 aliphatic rings. The van der Waals surface area contributed by atoms with E-state index in [-0.39, 0.29) is 10.6 Å². The minimum atomic E-state index is -3.97. The van der Waals surface area contributed by atoms with Gasteiger partial charge < -0.3 is 4.90 Å². The Bertz CT molecular complexity index is 864. The maximum Gasteiger partial charge on any atom is 0.263 e. The summed E-state index contributed by atoms with van der Waals surface area (Å²) in [5, 5.41) is 8.55. The fraction of sp³-hybridized carbons (Fsp3) is 0.200. The van der Waals surface area contributed by atoms with Crippen molar-refractivity contribution in [3.05, 3.63) is 48.2 Å². The van der Waals surface area contributed by atoms with E-state index in [4.69, 9.17) is 5.26 Å². The summed E-state index contributed by atoms with van der Waals surface area (Å²) in [5.74, 6) is -1.70. The van der Waals surface area contributed by atoms with Crippen LogP contribution >= 0.6 is 0 Å². The molecule has 0 saturated carbocycles. The van der Waals surface area contributed by atoms with Crippen LogP contribution in [0.5, 0.6) is 0 Å². The molecule has 0 unspecified atom stereocenters. The maximum absolute atomic E-state index is 13.1. The number of hydrogen-bond acceptors (Lipinski definition) is 5. The van der Waals surface area contributed by atoms with E-state index < -0.39 is 21.7 Å². The zero-order chi connectivity index (χ0) is 17.7. The summed E-state index contributed by atoms with van der Waals surface area (Å²) < 4.78 is 52.6. The standard InChI is InChI=1S/C15H14F2N4O2S/c1-21(8-2-7-18)15-6-4-12(10-19-15)24(22,23)20-11-3-5-13(16)14(17)9-11/h3-6,9-10,20H,2,8H2,1H3. The molecule has 0 spiro atoms. The van der Waals surface area contributed by atoms with Crippen LogP contribution in [0.4, 0.5) is 20.3 Å². The quantitative estimate of drug-likeness (QED) is 0.863. The Kier molecular flexibility index (Phi) is 5.31. The number of anilines is 2. The maximum atomic E-state index is 13.1. The molecule has 2 rings (SSSR count). The molecule has 9 heteroatoms. The lowest BCUT2D eigenvalue weighted by Crippen LogP contribution is -2.20. The van der Waals surface area contributed by atoms with Crippen LogP contribution in [0, 0.1) is 23.0 Å². The molecular weight excluding hydrogens is 338 g/mol. The number of sulfonamides is 1. The molecule has 6 nitrogen and oxygen atoms in total. The molecule has 1 aromatic heterocycles. The lowest BCUT2D eigenvalue weighted by Gasteiger charge is -2.16. The van der Waals surface area contributed by atoms with Gasteiger partial charge in [0.05, 0.1) is 18.2 Å². The predicted octanol–water partition coefficient (Wildman–Crippen LogP) is 2.51. The topological polar surface area (TPSA) is 86.1 Å². The number of nitrogens with zero attached hydrogens (tertiary/aromatic N) is 3. The van der Waals surface area contributed by atoms with Gasteiger partial charge in [-0.15, -0.1) is 0 Å². The Morgan fingerprint density at radius 3 is 2.58 bits per heavy atom. The molecule has 0 aliphatic carbocycles. The van der Waals surface area contributed by atoms with Crippen LogP contribution in [-0.4, -0.2) is 27.0 Å². The first-order valence-corrected chi connectivity index (χ1v) is 8.34. The highest BCUT2D eigenvalue weighted by molar-refractivity contribution is 7.92. The normalized spacial score (nSPS) is 10.9. The van der Waals surface area contributed by atoms with Crippen molar-refractivity contribution < 1.29 is 17.2 Å². The summed E-state index contributed by atoms with van der Waals surface area (Å²) in [6.45, 7) is 0.461. The van der Waals surface area contributed by atoms with Crippen molar-refractivity contribution in [3.8, 4) is 6.07 Å². The van der Waals surface area contributed by atoms with Gasteiger partial charge in [0.2, 0.25) is 0 Å².